The van der Waals surface area contributed by atoms with Crippen molar-refractivity contribution < 1.29 is 33.5 Å². The van der Waals surface area contributed by atoms with Gasteiger partial charge in [0.05, 0.1) is 34.5 Å². The number of rotatable bonds is 7. The molecule has 8 heteroatoms. The lowest BCUT2D eigenvalue weighted by molar-refractivity contribution is 0.107. The first kappa shape index (κ1) is 21.4. The summed E-state index contributed by atoms with van der Waals surface area (Å²) < 4.78 is 33.3. The number of benzene rings is 2. The molecule has 0 unspecified atom stereocenters. The summed E-state index contributed by atoms with van der Waals surface area (Å²) >= 11 is 0. The lowest BCUT2D eigenvalue weighted by Gasteiger charge is -2.37. The third-order valence-corrected chi connectivity index (χ3v) is 6.07. The zero-order chi connectivity index (χ0) is 22.1. The van der Waals surface area contributed by atoms with Crippen molar-refractivity contribution in [3.05, 3.63) is 34.9 Å². The lowest BCUT2D eigenvalue weighted by Crippen LogP contribution is -2.33. The second-order valence-corrected chi connectivity index (χ2v) is 7.67. The van der Waals surface area contributed by atoms with Gasteiger partial charge in [-0.05, 0) is 49.2 Å². The molecule has 0 amide bonds. The molecule has 2 atom stereocenters. The summed E-state index contributed by atoms with van der Waals surface area (Å²) in [4.78, 5) is 2.23. The standard InChI is InChI=1S/C23H29NO7/c1-24-7-6-13-8-19-22(31-12-30-19)23(29-5)20(13)15(24)11-16(25)14-9-17(26-2)21(28-4)18(10-14)27-3/h8-10,15-16,25H,6-7,11-12H2,1-5H3/t15-,16-/m0/s1. The molecular weight excluding hydrogens is 402 g/mol. The predicted octanol–water partition coefficient (Wildman–Crippen LogP) is 3.10. The van der Waals surface area contributed by atoms with Crippen molar-refractivity contribution >= 4 is 0 Å². The van der Waals surface area contributed by atoms with Crippen LogP contribution in [0.2, 0.25) is 0 Å². The van der Waals surface area contributed by atoms with E-state index in [-0.39, 0.29) is 12.8 Å². The first-order chi connectivity index (χ1) is 15.0. The van der Waals surface area contributed by atoms with E-state index >= 15 is 0 Å². The van der Waals surface area contributed by atoms with Crippen LogP contribution >= 0.6 is 0 Å². The smallest absolute Gasteiger partial charge is 0.231 e. The fraction of sp³-hybridized carbons (Fsp3) is 0.478. The van der Waals surface area contributed by atoms with Gasteiger partial charge in [0.15, 0.2) is 23.0 Å². The van der Waals surface area contributed by atoms with E-state index in [9.17, 15) is 5.11 Å². The summed E-state index contributed by atoms with van der Waals surface area (Å²) in [5, 5.41) is 11.2. The van der Waals surface area contributed by atoms with Crippen molar-refractivity contribution in [2.75, 3.05) is 48.8 Å². The second kappa shape index (κ2) is 8.72. The van der Waals surface area contributed by atoms with Gasteiger partial charge < -0.3 is 33.5 Å². The van der Waals surface area contributed by atoms with Crippen molar-refractivity contribution in [1.29, 1.82) is 0 Å². The number of fused-ring (bicyclic) bond motifs is 2. The highest BCUT2D eigenvalue weighted by molar-refractivity contribution is 5.62. The Bertz CT molecular complexity index is 936. The minimum atomic E-state index is -0.762. The van der Waals surface area contributed by atoms with Crippen molar-refractivity contribution in [1.82, 2.24) is 4.90 Å². The molecule has 2 aromatic rings. The largest absolute Gasteiger partial charge is 0.493 e. The second-order valence-electron chi connectivity index (χ2n) is 7.67. The maximum atomic E-state index is 11.2. The summed E-state index contributed by atoms with van der Waals surface area (Å²) in [6, 6.07) is 5.54. The molecule has 0 aliphatic carbocycles. The molecule has 2 heterocycles. The van der Waals surface area contributed by atoms with Gasteiger partial charge in [-0.15, -0.1) is 0 Å². The van der Waals surface area contributed by atoms with Gasteiger partial charge in [-0.3, -0.25) is 4.90 Å². The van der Waals surface area contributed by atoms with Gasteiger partial charge in [0.1, 0.15) is 0 Å². The Morgan fingerprint density at radius 2 is 1.68 bits per heavy atom. The summed E-state index contributed by atoms with van der Waals surface area (Å²) in [5.41, 5.74) is 2.88. The van der Waals surface area contributed by atoms with Gasteiger partial charge in [-0.2, -0.15) is 0 Å². The summed E-state index contributed by atoms with van der Waals surface area (Å²) in [7, 11) is 8.37. The number of hydrogen-bond donors (Lipinski definition) is 1. The fourth-order valence-corrected chi connectivity index (χ4v) is 4.46. The molecule has 0 bridgehead atoms. The quantitative estimate of drug-likeness (QED) is 0.717. The molecule has 0 saturated heterocycles. The van der Waals surface area contributed by atoms with E-state index in [1.807, 2.05) is 6.07 Å². The Hall–Kier alpha value is -2.84. The topological polar surface area (TPSA) is 78.9 Å². The predicted molar refractivity (Wildman–Crippen MR) is 114 cm³/mol. The monoisotopic (exact) mass is 431 g/mol. The molecular formula is C23H29NO7. The minimum Gasteiger partial charge on any atom is -0.493 e. The summed E-state index contributed by atoms with van der Waals surface area (Å²) in [6.45, 7) is 1.05. The Kier molecular flexibility index (Phi) is 6.02. The van der Waals surface area contributed by atoms with E-state index in [2.05, 4.69) is 11.9 Å². The van der Waals surface area contributed by atoms with E-state index in [0.29, 0.717) is 46.5 Å². The molecule has 2 aromatic carbocycles. The fourth-order valence-electron chi connectivity index (χ4n) is 4.46. The van der Waals surface area contributed by atoms with E-state index in [4.69, 9.17) is 28.4 Å². The van der Waals surface area contributed by atoms with Crippen LogP contribution in [-0.2, 0) is 6.42 Å². The van der Waals surface area contributed by atoms with Gasteiger partial charge in [0.2, 0.25) is 18.3 Å². The first-order valence-corrected chi connectivity index (χ1v) is 10.2. The molecule has 4 rings (SSSR count). The van der Waals surface area contributed by atoms with Crippen molar-refractivity contribution in [3.8, 4) is 34.5 Å². The third kappa shape index (κ3) is 3.70. The van der Waals surface area contributed by atoms with E-state index in [0.717, 1.165) is 24.1 Å². The molecule has 0 fully saturated rings. The number of aliphatic hydroxyl groups excluding tert-OH is 1. The molecule has 0 spiro atoms. The van der Waals surface area contributed by atoms with Crippen LogP contribution in [0.3, 0.4) is 0 Å². The maximum Gasteiger partial charge on any atom is 0.231 e. The highest BCUT2D eigenvalue weighted by Crippen LogP contribution is 2.51. The number of hydrogen-bond acceptors (Lipinski definition) is 8. The number of nitrogens with zero attached hydrogens (tertiary/aromatic N) is 1. The van der Waals surface area contributed by atoms with Crippen LogP contribution < -0.4 is 28.4 Å². The van der Waals surface area contributed by atoms with Crippen molar-refractivity contribution in [3.63, 3.8) is 0 Å². The van der Waals surface area contributed by atoms with E-state index in [1.165, 1.54) is 0 Å². The maximum absolute atomic E-state index is 11.2. The molecule has 0 radical (unpaired) electrons. The molecule has 168 valence electrons. The Balaban J connectivity index is 1.71. The number of aliphatic hydroxyl groups is 1. The minimum absolute atomic E-state index is 0.0673. The molecule has 0 aromatic heterocycles. The molecule has 31 heavy (non-hydrogen) atoms. The van der Waals surface area contributed by atoms with Gasteiger partial charge in [0.25, 0.3) is 0 Å². The molecule has 1 N–H and O–H groups in total. The summed E-state index contributed by atoms with van der Waals surface area (Å²) in [6.07, 6.45) is 0.565. The van der Waals surface area contributed by atoms with Crippen LogP contribution in [-0.4, -0.2) is 58.8 Å². The highest BCUT2D eigenvalue weighted by atomic mass is 16.7. The van der Waals surface area contributed by atoms with Crippen LogP contribution in [0.15, 0.2) is 18.2 Å². The van der Waals surface area contributed by atoms with Crippen LogP contribution in [0.1, 0.15) is 35.3 Å². The Morgan fingerprint density at radius 3 is 2.29 bits per heavy atom. The molecule has 8 nitrogen and oxygen atoms in total. The first-order valence-electron chi connectivity index (χ1n) is 10.2. The van der Waals surface area contributed by atoms with Crippen molar-refractivity contribution in [2.24, 2.45) is 0 Å². The van der Waals surface area contributed by atoms with Gasteiger partial charge in [0, 0.05) is 18.2 Å². The normalized spacial score (nSPS) is 18.3. The molecule has 2 aliphatic heterocycles. The number of ether oxygens (including phenoxy) is 6. The number of methoxy groups -OCH3 is 4. The molecule has 0 saturated carbocycles. The van der Waals surface area contributed by atoms with Crippen molar-refractivity contribution in [2.45, 2.75) is 25.0 Å². The van der Waals surface area contributed by atoms with Gasteiger partial charge in [-0.25, -0.2) is 0 Å². The average Bonchev–Trinajstić information content (AvgIpc) is 3.26. The highest BCUT2D eigenvalue weighted by Gasteiger charge is 2.35. The SMILES string of the molecule is COc1cc([C@@H](O)C[C@H]2c3c(cc4c(c3OC)OCO4)CCN2C)cc(OC)c1OC. The van der Waals surface area contributed by atoms with Crippen LogP contribution in [0, 0.1) is 0 Å². The van der Waals surface area contributed by atoms with Crippen LogP contribution in [0.4, 0.5) is 0 Å². The molecule has 2 aliphatic rings. The van der Waals surface area contributed by atoms with Gasteiger partial charge >= 0.3 is 0 Å². The zero-order valence-corrected chi connectivity index (χ0v) is 18.6. The van der Waals surface area contributed by atoms with Gasteiger partial charge in [-0.1, -0.05) is 0 Å². The average molecular weight is 431 g/mol. The van der Waals surface area contributed by atoms with Crippen LogP contribution in [0.25, 0.3) is 0 Å². The number of likely N-dealkylation sites (N-methyl/N-ethyl adjacent to an activating group) is 1. The van der Waals surface area contributed by atoms with E-state index in [1.54, 1.807) is 40.6 Å². The zero-order valence-electron chi connectivity index (χ0n) is 18.6. The Labute approximate surface area is 182 Å². The van der Waals surface area contributed by atoms with E-state index < -0.39 is 6.10 Å². The Morgan fingerprint density at radius 1 is 1.00 bits per heavy atom. The third-order valence-electron chi connectivity index (χ3n) is 6.07. The lowest BCUT2D eigenvalue weighted by atomic mass is 9.87. The van der Waals surface area contributed by atoms with Crippen LogP contribution in [0.5, 0.6) is 34.5 Å². The summed E-state index contributed by atoms with van der Waals surface area (Å²) in [5.74, 6) is 3.53.